The average molecular weight is 208 g/mol. The summed E-state index contributed by atoms with van der Waals surface area (Å²) in [7, 11) is 0. The van der Waals surface area contributed by atoms with Gasteiger partial charge in [-0.25, -0.2) is 0 Å². The maximum absolute atomic E-state index is 4.18. The molecule has 0 amide bonds. The summed E-state index contributed by atoms with van der Waals surface area (Å²) in [6.07, 6.45) is 6.66. The first-order valence-corrected chi connectivity index (χ1v) is 5.89. The molecule has 0 spiro atoms. The Morgan fingerprint density at radius 1 is 1.53 bits per heavy atom. The summed E-state index contributed by atoms with van der Waals surface area (Å²) >= 11 is 0. The lowest BCUT2D eigenvalue weighted by Crippen LogP contribution is -2.24. The molecule has 1 fully saturated rings. The summed E-state index contributed by atoms with van der Waals surface area (Å²) < 4.78 is 2.25. The van der Waals surface area contributed by atoms with Crippen molar-refractivity contribution in [3.63, 3.8) is 0 Å². The molecule has 0 aromatic carbocycles. The summed E-state index contributed by atoms with van der Waals surface area (Å²) in [6.45, 7) is 5.41. The third kappa shape index (κ3) is 3.02. The number of hydrogen-bond acceptors (Lipinski definition) is 3. The van der Waals surface area contributed by atoms with E-state index in [9.17, 15) is 0 Å². The minimum absolute atomic E-state index is 0.575. The van der Waals surface area contributed by atoms with Gasteiger partial charge in [-0.05, 0) is 25.8 Å². The van der Waals surface area contributed by atoms with E-state index in [4.69, 9.17) is 0 Å². The zero-order valence-electron chi connectivity index (χ0n) is 9.61. The van der Waals surface area contributed by atoms with Crippen LogP contribution >= 0.6 is 0 Å². The number of nitrogens with one attached hydrogen (secondary N) is 1. The normalized spacial score (nSPS) is 16.2. The maximum Gasteiger partial charge on any atom is 0.133 e. The molecule has 4 nitrogen and oxygen atoms in total. The van der Waals surface area contributed by atoms with Crippen LogP contribution in [-0.2, 0) is 6.42 Å². The molecule has 15 heavy (non-hydrogen) atoms. The highest BCUT2D eigenvalue weighted by Crippen LogP contribution is 2.35. The fraction of sp³-hybridized carbons (Fsp3) is 0.818. The Kier molecular flexibility index (Phi) is 3.36. The van der Waals surface area contributed by atoms with Gasteiger partial charge >= 0.3 is 0 Å². The Bertz CT molecular complexity index is 301. The van der Waals surface area contributed by atoms with Crippen LogP contribution in [0.25, 0.3) is 0 Å². The highest BCUT2D eigenvalue weighted by Gasteiger charge is 2.25. The highest BCUT2D eigenvalue weighted by molar-refractivity contribution is 4.94. The molecule has 0 aliphatic heterocycles. The Morgan fingerprint density at radius 3 is 3.00 bits per heavy atom. The van der Waals surface area contributed by atoms with Crippen LogP contribution in [0, 0.1) is 0 Å². The smallest absolute Gasteiger partial charge is 0.133 e. The largest absolute Gasteiger partial charge is 0.315 e. The van der Waals surface area contributed by atoms with Crippen molar-refractivity contribution in [2.75, 3.05) is 6.54 Å². The molecule has 1 aromatic heterocycles. The molecule has 1 N–H and O–H groups in total. The second-order valence-electron chi connectivity index (χ2n) is 4.60. The molecule has 1 heterocycles. The highest BCUT2D eigenvalue weighted by atomic mass is 15.3. The lowest BCUT2D eigenvalue weighted by atomic mass is 10.2. The van der Waals surface area contributed by atoms with Crippen LogP contribution in [0.5, 0.6) is 0 Å². The van der Waals surface area contributed by atoms with Crippen LogP contribution in [0.15, 0.2) is 6.33 Å². The molecule has 4 heteroatoms. The number of hydrogen-bond donors (Lipinski definition) is 1. The molecular formula is C11H20N4. The van der Waals surface area contributed by atoms with E-state index in [1.807, 2.05) is 6.33 Å². The van der Waals surface area contributed by atoms with Gasteiger partial charge in [0, 0.05) is 18.5 Å². The molecule has 0 bridgehead atoms. The molecule has 0 unspecified atom stereocenters. The van der Waals surface area contributed by atoms with Crippen LogP contribution in [0.1, 0.15) is 45.0 Å². The fourth-order valence-corrected chi connectivity index (χ4v) is 1.74. The molecule has 1 aliphatic rings. The van der Waals surface area contributed by atoms with E-state index >= 15 is 0 Å². The van der Waals surface area contributed by atoms with Crippen LogP contribution in [-0.4, -0.2) is 27.4 Å². The first-order chi connectivity index (χ1) is 7.27. The molecular weight excluding hydrogens is 188 g/mol. The van der Waals surface area contributed by atoms with Crippen molar-refractivity contribution < 1.29 is 0 Å². The minimum atomic E-state index is 0.575. The van der Waals surface area contributed by atoms with E-state index in [1.54, 1.807) is 0 Å². The Labute approximate surface area is 91.1 Å². The van der Waals surface area contributed by atoms with Crippen LogP contribution in [0.2, 0.25) is 0 Å². The van der Waals surface area contributed by atoms with Crippen molar-refractivity contribution in [1.82, 2.24) is 20.1 Å². The van der Waals surface area contributed by atoms with Gasteiger partial charge in [0.1, 0.15) is 12.2 Å². The van der Waals surface area contributed by atoms with Crippen LogP contribution < -0.4 is 5.32 Å². The summed E-state index contributed by atoms with van der Waals surface area (Å²) in [4.78, 5) is 0. The van der Waals surface area contributed by atoms with Crippen LogP contribution in [0.4, 0.5) is 0 Å². The zero-order valence-corrected chi connectivity index (χ0v) is 9.61. The monoisotopic (exact) mass is 208 g/mol. The quantitative estimate of drug-likeness (QED) is 0.721. The second kappa shape index (κ2) is 4.75. The van der Waals surface area contributed by atoms with Crippen molar-refractivity contribution in [3.8, 4) is 0 Å². The molecule has 0 atom stereocenters. The first kappa shape index (κ1) is 10.6. The zero-order chi connectivity index (χ0) is 10.7. The van der Waals surface area contributed by atoms with Gasteiger partial charge < -0.3 is 9.88 Å². The Morgan fingerprint density at radius 2 is 2.33 bits per heavy atom. The second-order valence-corrected chi connectivity index (χ2v) is 4.60. The van der Waals surface area contributed by atoms with Gasteiger partial charge in [-0.3, -0.25) is 0 Å². The Hall–Kier alpha value is -0.900. The third-order valence-electron chi connectivity index (χ3n) is 2.72. The average Bonchev–Trinajstić information content (AvgIpc) is 2.93. The SMILES string of the molecule is CC(C)NCCCc1nncn1C1CC1. The van der Waals surface area contributed by atoms with E-state index in [1.165, 1.54) is 12.8 Å². The van der Waals surface area contributed by atoms with E-state index < -0.39 is 0 Å². The predicted octanol–water partition coefficient (Wildman–Crippen LogP) is 1.54. The van der Waals surface area contributed by atoms with Crippen LogP contribution in [0.3, 0.4) is 0 Å². The predicted molar refractivity (Wildman–Crippen MR) is 59.8 cm³/mol. The molecule has 0 saturated heterocycles. The maximum atomic E-state index is 4.18. The molecule has 0 radical (unpaired) electrons. The lowest BCUT2D eigenvalue weighted by molar-refractivity contribution is 0.557. The summed E-state index contributed by atoms with van der Waals surface area (Å²) in [5.41, 5.74) is 0. The summed E-state index contributed by atoms with van der Waals surface area (Å²) in [5.74, 6) is 1.16. The topological polar surface area (TPSA) is 42.7 Å². The van der Waals surface area contributed by atoms with E-state index in [-0.39, 0.29) is 0 Å². The van der Waals surface area contributed by atoms with Gasteiger partial charge in [0.25, 0.3) is 0 Å². The fourth-order valence-electron chi connectivity index (χ4n) is 1.74. The Balaban J connectivity index is 1.75. The molecule has 1 aliphatic carbocycles. The minimum Gasteiger partial charge on any atom is -0.315 e. The summed E-state index contributed by atoms with van der Waals surface area (Å²) in [5, 5.41) is 11.6. The van der Waals surface area contributed by atoms with Gasteiger partial charge in [0.05, 0.1) is 0 Å². The van der Waals surface area contributed by atoms with Crippen molar-refractivity contribution >= 4 is 0 Å². The number of rotatable bonds is 6. The standard InChI is InChI=1S/C11H20N4/c1-9(2)12-7-3-4-11-14-13-8-15(11)10-5-6-10/h8-10,12H,3-7H2,1-2H3. The van der Waals surface area contributed by atoms with E-state index in [2.05, 4.69) is 33.9 Å². The number of nitrogens with zero attached hydrogens (tertiary/aromatic N) is 3. The van der Waals surface area contributed by atoms with Crippen molar-refractivity contribution in [2.24, 2.45) is 0 Å². The van der Waals surface area contributed by atoms with Crippen molar-refractivity contribution in [1.29, 1.82) is 0 Å². The number of aryl methyl sites for hydroxylation is 1. The summed E-state index contributed by atoms with van der Waals surface area (Å²) in [6, 6.07) is 1.28. The van der Waals surface area contributed by atoms with Gasteiger partial charge in [-0.2, -0.15) is 0 Å². The molecule has 1 aromatic rings. The molecule has 2 rings (SSSR count). The van der Waals surface area contributed by atoms with Gasteiger partial charge in [0.2, 0.25) is 0 Å². The molecule has 84 valence electrons. The number of aromatic nitrogens is 3. The van der Waals surface area contributed by atoms with Gasteiger partial charge in [0.15, 0.2) is 0 Å². The third-order valence-corrected chi connectivity index (χ3v) is 2.72. The van der Waals surface area contributed by atoms with Crippen molar-refractivity contribution in [3.05, 3.63) is 12.2 Å². The van der Waals surface area contributed by atoms with Gasteiger partial charge in [-0.1, -0.05) is 13.8 Å². The molecule has 1 saturated carbocycles. The first-order valence-electron chi connectivity index (χ1n) is 5.89. The lowest BCUT2D eigenvalue weighted by Gasteiger charge is -2.08. The van der Waals surface area contributed by atoms with Crippen molar-refractivity contribution in [2.45, 2.75) is 51.6 Å². The van der Waals surface area contributed by atoms with Gasteiger partial charge in [-0.15, -0.1) is 10.2 Å². The van der Waals surface area contributed by atoms with E-state index in [0.717, 1.165) is 25.2 Å². The van der Waals surface area contributed by atoms with E-state index in [0.29, 0.717) is 12.1 Å².